The fourth-order valence-electron chi connectivity index (χ4n) is 3.43. The lowest BCUT2D eigenvalue weighted by Crippen LogP contribution is -2.38. The maximum Gasteiger partial charge on any atom is 0.180 e. The highest BCUT2D eigenvalue weighted by Crippen LogP contribution is 2.42. The van der Waals surface area contributed by atoms with Gasteiger partial charge in [-0.15, -0.1) is 0 Å². The molecule has 1 N–H and O–H groups in total. The molecule has 0 unspecified atom stereocenters. The highest BCUT2D eigenvalue weighted by molar-refractivity contribution is 6.35. The Morgan fingerprint density at radius 3 is 2.88 bits per heavy atom. The Labute approximate surface area is 147 Å². The molecule has 1 aliphatic heterocycles. The minimum absolute atomic E-state index is 0.429. The molecule has 5 nitrogen and oxygen atoms in total. The van der Waals surface area contributed by atoms with Crippen LogP contribution in [0.25, 0.3) is 11.4 Å². The second-order valence-corrected chi connectivity index (χ2v) is 6.44. The number of piperidine rings is 1. The summed E-state index contributed by atoms with van der Waals surface area (Å²) in [6.07, 6.45) is 7.21. The van der Waals surface area contributed by atoms with Gasteiger partial charge in [-0.25, -0.2) is 4.98 Å². The van der Waals surface area contributed by atoms with Crippen molar-refractivity contribution in [2.45, 2.75) is 38.3 Å². The highest BCUT2D eigenvalue weighted by Gasteiger charge is 2.25. The fraction of sp³-hybridized carbons (Fsp3) is 0.500. The molecule has 0 radical (unpaired) electrons. The molecular weight excluding hydrogens is 326 g/mol. The Balaban J connectivity index is 1.99. The standard InChI is InChI=1S/C18H24ClN3O2/c1-4-12-11-13(7-8-20-12)22-10-9-21-18(22)14-5-6-15(23-2)17(24-3)16(14)19/h5-6,9-10,12-13,20H,4,7-8,11H2,1-3H3/t12-,13-/m1/s1. The van der Waals surface area contributed by atoms with Crippen molar-refractivity contribution in [2.75, 3.05) is 20.8 Å². The lowest BCUT2D eigenvalue weighted by atomic mass is 9.97. The molecule has 1 fully saturated rings. The summed E-state index contributed by atoms with van der Waals surface area (Å²) in [4.78, 5) is 4.57. The van der Waals surface area contributed by atoms with E-state index in [9.17, 15) is 0 Å². The highest BCUT2D eigenvalue weighted by atomic mass is 35.5. The average Bonchev–Trinajstić information content (AvgIpc) is 3.10. The zero-order valence-electron chi connectivity index (χ0n) is 14.4. The number of benzene rings is 1. The smallest absolute Gasteiger partial charge is 0.180 e. The van der Waals surface area contributed by atoms with Gasteiger partial charge in [0.2, 0.25) is 0 Å². The molecular formula is C18H24ClN3O2. The number of hydrogen-bond acceptors (Lipinski definition) is 4. The van der Waals surface area contributed by atoms with Crippen LogP contribution in [0.4, 0.5) is 0 Å². The first kappa shape index (κ1) is 17.1. The van der Waals surface area contributed by atoms with E-state index in [0.29, 0.717) is 28.6 Å². The zero-order chi connectivity index (χ0) is 17.1. The largest absolute Gasteiger partial charge is 0.493 e. The van der Waals surface area contributed by atoms with Crippen LogP contribution in [-0.2, 0) is 0 Å². The Hall–Kier alpha value is -1.72. The van der Waals surface area contributed by atoms with E-state index >= 15 is 0 Å². The average molecular weight is 350 g/mol. The number of nitrogens with zero attached hydrogens (tertiary/aromatic N) is 2. The van der Waals surface area contributed by atoms with Crippen LogP contribution in [0.3, 0.4) is 0 Å². The van der Waals surface area contributed by atoms with Gasteiger partial charge in [-0.3, -0.25) is 0 Å². The lowest BCUT2D eigenvalue weighted by molar-refractivity contribution is 0.297. The minimum Gasteiger partial charge on any atom is -0.493 e. The number of rotatable bonds is 5. The number of aromatic nitrogens is 2. The molecule has 1 aromatic heterocycles. The molecule has 0 aliphatic carbocycles. The first-order valence-electron chi connectivity index (χ1n) is 8.36. The van der Waals surface area contributed by atoms with Gasteiger partial charge < -0.3 is 19.4 Å². The van der Waals surface area contributed by atoms with Crippen LogP contribution in [0.2, 0.25) is 5.02 Å². The van der Waals surface area contributed by atoms with E-state index in [1.165, 1.54) is 0 Å². The molecule has 2 heterocycles. The monoisotopic (exact) mass is 349 g/mol. The Morgan fingerprint density at radius 1 is 1.33 bits per heavy atom. The van der Waals surface area contributed by atoms with Crippen molar-refractivity contribution in [3.05, 3.63) is 29.5 Å². The molecule has 2 aromatic rings. The predicted octanol–water partition coefficient (Wildman–Crippen LogP) is 3.92. The summed E-state index contributed by atoms with van der Waals surface area (Å²) in [6, 6.07) is 4.80. The molecule has 1 aliphatic rings. The lowest BCUT2D eigenvalue weighted by Gasteiger charge is -2.31. The SMILES string of the molecule is CC[C@@H]1C[C@H](n2ccnc2-c2ccc(OC)c(OC)c2Cl)CCN1. The van der Waals surface area contributed by atoms with Crippen molar-refractivity contribution in [1.29, 1.82) is 0 Å². The summed E-state index contributed by atoms with van der Waals surface area (Å²) in [7, 11) is 3.20. The van der Waals surface area contributed by atoms with Crippen LogP contribution in [0.5, 0.6) is 11.5 Å². The summed E-state index contributed by atoms with van der Waals surface area (Å²) >= 11 is 6.58. The molecule has 24 heavy (non-hydrogen) atoms. The van der Waals surface area contributed by atoms with Gasteiger partial charge in [-0.2, -0.15) is 0 Å². The topological polar surface area (TPSA) is 48.3 Å². The number of ether oxygens (including phenoxy) is 2. The van der Waals surface area contributed by atoms with Gasteiger partial charge in [0.05, 0.1) is 19.2 Å². The van der Waals surface area contributed by atoms with Crippen LogP contribution >= 0.6 is 11.6 Å². The van der Waals surface area contributed by atoms with E-state index in [1.807, 2.05) is 24.5 Å². The molecule has 2 atom stereocenters. The molecule has 1 saturated heterocycles. The number of hydrogen-bond donors (Lipinski definition) is 1. The molecule has 130 valence electrons. The zero-order valence-corrected chi connectivity index (χ0v) is 15.1. The minimum atomic E-state index is 0.429. The first-order chi connectivity index (χ1) is 11.7. The summed E-state index contributed by atoms with van der Waals surface area (Å²) in [6.45, 7) is 3.25. The third-order valence-electron chi connectivity index (χ3n) is 4.75. The third kappa shape index (κ3) is 3.10. The number of nitrogens with one attached hydrogen (secondary N) is 1. The Kier molecular flexibility index (Phi) is 5.31. The third-order valence-corrected chi connectivity index (χ3v) is 5.12. The van der Waals surface area contributed by atoms with Gasteiger partial charge in [-0.05, 0) is 37.9 Å². The van der Waals surface area contributed by atoms with E-state index in [4.69, 9.17) is 21.1 Å². The van der Waals surface area contributed by atoms with Gasteiger partial charge in [0.25, 0.3) is 0 Å². The van der Waals surface area contributed by atoms with Crippen molar-refractivity contribution in [3.63, 3.8) is 0 Å². The summed E-state index contributed by atoms with van der Waals surface area (Å²) in [5, 5.41) is 4.10. The number of halogens is 1. The quantitative estimate of drug-likeness (QED) is 0.888. The van der Waals surface area contributed by atoms with Crippen LogP contribution in [0.15, 0.2) is 24.5 Å². The van der Waals surface area contributed by atoms with Crippen molar-refractivity contribution in [2.24, 2.45) is 0 Å². The van der Waals surface area contributed by atoms with Crippen molar-refractivity contribution in [3.8, 4) is 22.9 Å². The van der Waals surface area contributed by atoms with E-state index in [1.54, 1.807) is 14.2 Å². The summed E-state index contributed by atoms with van der Waals surface area (Å²) < 4.78 is 13.0. The summed E-state index contributed by atoms with van der Waals surface area (Å²) in [5.74, 6) is 2.04. The fourth-order valence-corrected chi connectivity index (χ4v) is 3.74. The van der Waals surface area contributed by atoms with E-state index in [-0.39, 0.29) is 0 Å². The normalized spacial score (nSPS) is 20.8. The Bertz CT molecular complexity index is 702. The van der Waals surface area contributed by atoms with Crippen LogP contribution in [0, 0.1) is 0 Å². The maximum atomic E-state index is 6.58. The van der Waals surface area contributed by atoms with Gasteiger partial charge >= 0.3 is 0 Å². The molecule has 3 rings (SSSR count). The maximum absolute atomic E-state index is 6.58. The van der Waals surface area contributed by atoms with Gasteiger partial charge in [0.15, 0.2) is 11.5 Å². The van der Waals surface area contributed by atoms with Crippen molar-refractivity contribution >= 4 is 11.6 Å². The van der Waals surface area contributed by atoms with Gasteiger partial charge in [0, 0.05) is 30.0 Å². The van der Waals surface area contributed by atoms with E-state index in [2.05, 4.69) is 21.8 Å². The van der Waals surface area contributed by atoms with Gasteiger partial charge in [0.1, 0.15) is 5.82 Å². The molecule has 0 bridgehead atoms. The number of imidazole rings is 1. The van der Waals surface area contributed by atoms with Crippen LogP contribution < -0.4 is 14.8 Å². The second-order valence-electron chi connectivity index (χ2n) is 6.06. The summed E-state index contributed by atoms with van der Waals surface area (Å²) in [5.41, 5.74) is 0.867. The van der Waals surface area contributed by atoms with E-state index in [0.717, 1.165) is 37.2 Å². The Morgan fingerprint density at radius 2 is 2.17 bits per heavy atom. The van der Waals surface area contributed by atoms with Gasteiger partial charge in [-0.1, -0.05) is 18.5 Å². The van der Waals surface area contributed by atoms with Crippen LogP contribution in [-0.4, -0.2) is 36.4 Å². The van der Waals surface area contributed by atoms with Crippen molar-refractivity contribution < 1.29 is 9.47 Å². The molecule has 1 aromatic carbocycles. The van der Waals surface area contributed by atoms with E-state index < -0.39 is 0 Å². The van der Waals surface area contributed by atoms with Crippen LogP contribution in [0.1, 0.15) is 32.2 Å². The first-order valence-corrected chi connectivity index (χ1v) is 8.74. The molecule has 0 amide bonds. The number of methoxy groups -OCH3 is 2. The molecule has 6 heteroatoms. The van der Waals surface area contributed by atoms with Crippen molar-refractivity contribution in [1.82, 2.24) is 14.9 Å². The second kappa shape index (κ2) is 7.45. The molecule has 0 saturated carbocycles. The predicted molar refractivity (Wildman–Crippen MR) is 96.1 cm³/mol. The molecule has 0 spiro atoms.